The summed E-state index contributed by atoms with van der Waals surface area (Å²) < 4.78 is 0. The smallest absolute Gasteiger partial charge is 0.141 e. The molecule has 1 unspecified atom stereocenters. The van der Waals surface area contributed by atoms with Gasteiger partial charge in [0.2, 0.25) is 0 Å². The fourth-order valence-corrected chi connectivity index (χ4v) is 1.76. The Bertz CT molecular complexity index is 438. The number of rotatable bonds is 5. The number of nitrogens with one attached hydrogen (secondary N) is 2. The number of phenols is 1. The Labute approximate surface area is 99.9 Å². The minimum Gasteiger partial charge on any atom is -0.508 e. The molecule has 0 saturated heterocycles. The lowest BCUT2D eigenvalue weighted by molar-refractivity contribution is 0.474. The lowest BCUT2D eigenvalue weighted by atomic mass is 10.1. The van der Waals surface area contributed by atoms with E-state index in [-0.39, 0.29) is 11.8 Å². The Kier molecular flexibility index (Phi) is 3.72. The van der Waals surface area contributed by atoms with Gasteiger partial charge in [0.25, 0.3) is 0 Å². The molecule has 1 aromatic heterocycles. The summed E-state index contributed by atoms with van der Waals surface area (Å²) in [5, 5.41) is 19.3. The maximum Gasteiger partial charge on any atom is 0.141 e. The van der Waals surface area contributed by atoms with Gasteiger partial charge in [-0.3, -0.25) is 5.10 Å². The molecule has 0 fully saturated rings. The topological polar surface area (TPSA) is 73.8 Å². The summed E-state index contributed by atoms with van der Waals surface area (Å²) in [6, 6.07) is 7.33. The van der Waals surface area contributed by atoms with Crippen LogP contribution in [-0.4, -0.2) is 26.8 Å². The number of likely N-dealkylation sites (N-methyl/N-ethyl adjacent to an activating group) is 1. The minimum atomic E-state index is 0.118. The van der Waals surface area contributed by atoms with Gasteiger partial charge < -0.3 is 10.4 Å². The first-order valence-corrected chi connectivity index (χ1v) is 5.66. The van der Waals surface area contributed by atoms with Gasteiger partial charge in [0.15, 0.2) is 0 Å². The number of benzene rings is 1. The van der Waals surface area contributed by atoms with Gasteiger partial charge in [-0.15, -0.1) is 0 Å². The maximum absolute atomic E-state index is 9.23. The van der Waals surface area contributed by atoms with Gasteiger partial charge in [-0.2, -0.15) is 5.10 Å². The van der Waals surface area contributed by atoms with E-state index in [1.165, 1.54) is 6.33 Å². The second-order valence-corrected chi connectivity index (χ2v) is 3.85. The van der Waals surface area contributed by atoms with Crippen LogP contribution in [0.3, 0.4) is 0 Å². The molecule has 0 aliphatic heterocycles. The Morgan fingerprint density at radius 1 is 1.35 bits per heavy atom. The molecule has 2 rings (SSSR count). The first kappa shape index (κ1) is 11.6. The maximum atomic E-state index is 9.23. The highest BCUT2D eigenvalue weighted by atomic mass is 16.3. The summed E-state index contributed by atoms with van der Waals surface area (Å²) in [6.07, 6.45) is 2.32. The molecule has 0 aliphatic rings. The zero-order chi connectivity index (χ0) is 12.1. The summed E-state index contributed by atoms with van der Waals surface area (Å²) in [4.78, 5) is 4.17. The van der Waals surface area contributed by atoms with Crippen molar-refractivity contribution in [3.63, 3.8) is 0 Å². The van der Waals surface area contributed by atoms with Crippen LogP contribution in [0.5, 0.6) is 5.75 Å². The van der Waals surface area contributed by atoms with Gasteiger partial charge in [-0.25, -0.2) is 4.98 Å². The van der Waals surface area contributed by atoms with Gasteiger partial charge in [0.1, 0.15) is 17.9 Å². The molecule has 90 valence electrons. The number of aromatic amines is 1. The van der Waals surface area contributed by atoms with E-state index in [1.807, 2.05) is 12.1 Å². The van der Waals surface area contributed by atoms with Gasteiger partial charge in [0, 0.05) is 0 Å². The summed E-state index contributed by atoms with van der Waals surface area (Å²) in [6.45, 7) is 2.92. The fourth-order valence-electron chi connectivity index (χ4n) is 1.76. The number of nitrogens with zero attached hydrogens (tertiary/aromatic N) is 2. The normalized spacial score (nSPS) is 12.5. The average molecular weight is 232 g/mol. The molecule has 1 heterocycles. The zero-order valence-electron chi connectivity index (χ0n) is 9.72. The SMILES string of the molecule is CCNC(Cc1ccc(O)cc1)c1ncn[nH]1. The van der Waals surface area contributed by atoms with Crippen molar-refractivity contribution in [2.24, 2.45) is 0 Å². The average Bonchev–Trinajstić information content (AvgIpc) is 2.85. The summed E-state index contributed by atoms with van der Waals surface area (Å²) in [5.74, 6) is 1.12. The van der Waals surface area contributed by atoms with Crippen LogP contribution in [0.2, 0.25) is 0 Å². The number of aromatic nitrogens is 3. The quantitative estimate of drug-likeness (QED) is 0.728. The molecule has 0 saturated carbocycles. The third kappa shape index (κ3) is 3.04. The molecular weight excluding hydrogens is 216 g/mol. The monoisotopic (exact) mass is 232 g/mol. The summed E-state index contributed by atoms with van der Waals surface area (Å²) >= 11 is 0. The van der Waals surface area contributed by atoms with Crippen molar-refractivity contribution in [2.75, 3.05) is 6.54 Å². The highest BCUT2D eigenvalue weighted by molar-refractivity contribution is 5.26. The van der Waals surface area contributed by atoms with Crippen LogP contribution in [0.15, 0.2) is 30.6 Å². The van der Waals surface area contributed by atoms with Crippen molar-refractivity contribution >= 4 is 0 Å². The molecular formula is C12H16N4O. The fraction of sp³-hybridized carbons (Fsp3) is 0.333. The Balaban J connectivity index is 2.10. The first-order chi connectivity index (χ1) is 8.29. The molecule has 0 amide bonds. The van der Waals surface area contributed by atoms with Crippen molar-refractivity contribution in [1.29, 1.82) is 0 Å². The Morgan fingerprint density at radius 3 is 2.71 bits per heavy atom. The van der Waals surface area contributed by atoms with Crippen LogP contribution >= 0.6 is 0 Å². The molecule has 0 aliphatic carbocycles. The predicted molar refractivity (Wildman–Crippen MR) is 64.6 cm³/mol. The van der Waals surface area contributed by atoms with E-state index < -0.39 is 0 Å². The van der Waals surface area contributed by atoms with Crippen LogP contribution in [-0.2, 0) is 6.42 Å². The van der Waals surface area contributed by atoms with Crippen LogP contribution < -0.4 is 5.32 Å². The van der Waals surface area contributed by atoms with Crippen molar-refractivity contribution < 1.29 is 5.11 Å². The lowest BCUT2D eigenvalue weighted by Crippen LogP contribution is -2.24. The van der Waals surface area contributed by atoms with Gasteiger partial charge >= 0.3 is 0 Å². The van der Waals surface area contributed by atoms with Gasteiger partial charge in [0.05, 0.1) is 6.04 Å². The molecule has 0 radical (unpaired) electrons. The lowest BCUT2D eigenvalue weighted by Gasteiger charge is -2.15. The van der Waals surface area contributed by atoms with Crippen LogP contribution in [0.1, 0.15) is 24.4 Å². The number of phenolic OH excluding ortho intramolecular Hbond substituents is 1. The molecule has 1 atom stereocenters. The Morgan fingerprint density at radius 2 is 2.12 bits per heavy atom. The molecule has 5 heteroatoms. The number of H-pyrrole nitrogens is 1. The summed E-state index contributed by atoms with van der Waals surface area (Å²) in [7, 11) is 0. The number of aromatic hydroxyl groups is 1. The van der Waals surface area contributed by atoms with Crippen molar-refractivity contribution in [2.45, 2.75) is 19.4 Å². The van der Waals surface area contributed by atoms with Gasteiger partial charge in [-0.05, 0) is 30.7 Å². The predicted octanol–water partition coefficient (Wildman–Crippen LogP) is 1.40. The molecule has 17 heavy (non-hydrogen) atoms. The first-order valence-electron chi connectivity index (χ1n) is 5.66. The minimum absolute atomic E-state index is 0.118. The third-order valence-electron chi connectivity index (χ3n) is 2.59. The second-order valence-electron chi connectivity index (χ2n) is 3.85. The molecule has 3 N–H and O–H groups in total. The molecule has 1 aromatic carbocycles. The molecule has 0 bridgehead atoms. The van der Waals surface area contributed by atoms with Crippen molar-refractivity contribution in [3.05, 3.63) is 42.0 Å². The number of hydrogen-bond acceptors (Lipinski definition) is 4. The van der Waals surface area contributed by atoms with E-state index in [1.54, 1.807) is 12.1 Å². The van der Waals surface area contributed by atoms with Crippen LogP contribution in [0.4, 0.5) is 0 Å². The van der Waals surface area contributed by atoms with E-state index in [0.717, 1.165) is 24.4 Å². The number of hydrogen-bond donors (Lipinski definition) is 3. The third-order valence-corrected chi connectivity index (χ3v) is 2.59. The molecule has 5 nitrogen and oxygen atoms in total. The highest BCUT2D eigenvalue weighted by Crippen LogP contribution is 2.17. The van der Waals surface area contributed by atoms with Crippen LogP contribution in [0.25, 0.3) is 0 Å². The van der Waals surface area contributed by atoms with E-state index in [9.17, 15) is 5.11 Å². The molecule has 0 spiro atoms. The highest BCUT2D eigenvalue weighted by Gasteiger charge is 2.13. The van der Waals surface area contributed by atoms with Crippen molar-refractivity contribution in [1.82, 2.24) is 20.5 Å². The van der Waals surface area contributed by atoms with E-state index >= 15 is 0 Å². The Hall–Kier alpha value is -1.88. The van der Waals surface area contributed by atoms with E-state index in [4.69, 9.17) is 0 Å². The summed E-state index contributed by atoms with van der Waals surface area (Å²) in [5.41, 5.74) is 1.14. The van der Waals surface area contributed by atoms with Crippen molar-refractivity contribution in [3.8, 4) is 5.75 Å². The van der Waals surface area contributed by atoms with Crippen LogP contribution in [0, 0.1) is 0 Å². The van der Waals surface area contributed by atoms with Gasteiger partial charge in [-0.1, -0.05) is 19.1 Å². The second kappa shape index (κ2) is 5.45. The van der Waals surface area contributed by atoms with E-state index in [2.05, 4.69) is 27.4 Å². The molecule has 2 aromatic rings. The zero-order valence-corrected chi connectivity index (χ0v) is 9.72. The van der Waals surface area contributed by atoms with E-state index in [0.29, 0.717) is 0 Å². The largest absolute Gasteiger partial charge is 0.508 e. The standard InChI is InChI=1S/C12H16N4O/c1-2-13-11(12-14-8-15-16-12)7-9-3-5-10(17)6-4-9/h3-6,8,11,13,17H,2,7H2,1H3,(H,14,15,16).